The van der Waals surface area contributed by atoms with Crippen molar-refractivity contribution in [3.8, 4) is 11.5 Å². The second-order valence-corrected chi connectivity index (χ2v) is 6.83. The summed E-state index contributed by atoms with van der Waals surface area (Å²) in [7, 11) is 1.67. The minimum Gasteiger partial charge on any atom is -0.497 e. The number of anilines is 1. The van der Waals surface area contributed by atoms with Crippen LogP contribution < -0.4 is 14.4 Å². The highest BCUT2D eigenvalue weighted by atomic mass is 16.5. The van der Waals surface area contributed by atoms with Crippen molar-refractivity contribution < 1.29 is 14.3 Å². The SMILES string of the molecule is COc1ccc(N2CCN(C(=O)CCCOc3cccc(C)c3)CC2)cc1. The Morgan fingerprint density at radius 3 is 2.41 bits per heavy atom. The molecule has 5 nitrogen and oxygen atoms in total. The van der Waals surface area contributed by atoms with E-state index >= 15 is 0 Å². The van der Waals surface area contributed by atoms with Gasteiger partial charge in [0.1, 0.15) is 11.5 Å². The van der Waals surface area contributed by atoms with Gasteiger partial charge in [-0.15, -0.1) is 0 Å². The molecular formula is C22H28N2O3. The molecule has 1 fully saturated rings. The van der Waals surface area contributed by atoms with Crippen LogP contribution in [0.25, 0.3) is 0 Å². The Morgan fingerprint density at radius 2 is 1.74 bits per heavy atom. The quantitative estimate of drug-likeness (QED) is 0.702. The van der Waals surface area contributed by atoms with Crippen LogP contribution in [0.3, 0.4) is 0 Å². The maximum Gasteiger partial charge on any atom is 0.222 e. The van der Waals surface area contributed by atoms with Crippen LogP contribution in [0.2, 0.25) is 0 Å². The van der Waals surface area contributed by atoms with E-state index in [2.05, 4.69) is 17.0 Å². The van der Waals surface area contributed by atoms with Crippen LogP contribution in [0.15, 0.2) is 48.5 Å². The fourth-order valence-electron chi connectivity index (χ4n) is 3.28. The van der Waals surface area contributed by atoms with E-state index in [0.29, 0.717) is 13.0 Å². The van der Waals surface area contributed by atoms with E-state index in [4.69, 9.17) is 9.47 Å². The number of ether oxygens (including phenoxy) is 2. The number of carbonyl (C=O) groups excluding carboxylic acids is 1. The summed E-state index contributed by atoms with van der Waals surface area (Å²) in [5.41, 5.74) is 2.35. The highest BCUT2D eigenvalue weighted by Gasteiger charge is 2.20. The number of amides is 1. The number of nitrogens with zero attached hydrogens (tertiary/aromatic N) is 2. The molecule has 144 valence electrons. The van der Waals surface area contributed by atoms with E-state index in [1.165, 1.54) is 11.3 Å². The fraction of sp³-hybridized carbons (Fsp3) is 0.409. The van der Waals surface area contributed by atoms with Crippen molar-refractivity contribution in [3.05, 3.63) is 54.1 Å². The Kier molecular flexibility index (Phi) is 6.58. The third kappa shape index (κ3) is 5.39. The molecule has 0 saturated carbocycles. The highest BCUT2D eigenvalue weighted by Crippen LogP contribution is 2.21. The molecule has 0 radical (unpaired) electrons. The average molecular weight is 368 g/mol. The third-order valence-electron chi connectivity index (χ3n) is 4.86. The van der Waals surface area contributed by atoms with Gasteiger partial charge >= 0.3 is 0 Å². The van der Waals surface area contributed by atoms with E-state index in [-0.39, 0.29) is 5.91 Å². The van der Waals surface area contributed by atoms with Crippen molar-refractivity contribution in [1.29, 1.82) is 0 Å². The van der Waals surface area contributed by atoms with Gasteiger partial charge in [0, 0.05) is 38.3 Å². The topological polar surface area (TPSA) is 42.0 Å². The number of aryl methyl sites for hydroxylation is 1. The van der Waals surface area contributed by atoms with Gasteiger partial charge in [-0.25, -0.2) is 0 Å². The second-order valence-electron chi connectivity index (χ2n) is 6.83. The molecule has 0 aromatic heterocycles. The van der Waals surface area contributed by atoms with Crippen molar-refractivity contribution in [2.24, 2.45) is 0 Å². The molecule has 0 atom stereocenters. The van der Waals surface area contributed by atoms with Gasteiger partial charge in [-0.2, -0.15) is 0 Å². The minimum absolute atomic E-state index is 0.220. The first kappa shape index (κ1) is 19.1. The van der Waals surface area contributed by atoms with Crippen molar-refractivity contribution in [1.82, 2.24) is 4.90 Å². The molecule has 1 heterocycles. The largest absolute Gasteiger partial charge is 0.497 e. The number of methoxy groups -OCH3 is 1. The van der Waals surface area contributed by atoms with Gasteiger partial charge in [0.15, 0.2) is 0 Å². The number of hydrogen-bond acceptors (Lipinski definition) is 4. The Morgan fingerprint density at radius 1 is 1.00 bits per heavy atom. The maximum absolute atomic E-state index is 12.4. The van der Waals surface area contributed by atoms with Gasteiger partial charge < -0.3 is 19.3 Å². The maximum atomic E-state index is 12.4. The lowest BCUT2D eigenvalue weighted by atomic mass is 10.2. The number of piperazine rings is 1. The number of benzene rings is 2. The molecule has 2 aromatic carbocycles. The summed E-state index contributed by atoms with van der Waals surface area (Å²) in [6, 6.07) is 16.1. The van der Waals surface area contributed by atoms with Crippen LogP contribution in [0, 0.1) is 6.92 Å². The summed E-state index contributed by atoms with van der Waals surface area (Å²) in [5, 5.41) is 0. The zero-order chi connectivity index (χ0) is 19.1. The van der Waals surface area contributed by atoms with E-state index < -0.39 is 0 Å². The van der Waals surface area contributed by atoms with Crippen molar-refractivity contribution in [2.75, 3.05) is 44.8 Å². The highest BCUT2D eigenvalue weighted by molar-refractivity contribution is 5.76. The van der Waals surface area contributed by atoms with Crippen molar-refractivity contribution >= 4 is 11.6 Å². The Balaban J connectivity index is 1.38. The van der Waals surface area contributed by atoms with Gasteiger partial charge in [-0.05, 0) is 55.3 Å². The van der Waals surface area contributed by atoms with E-state index in [1.807, 2.05) is 48.2 Å². The molecule has 3 rings (SSSR count). The molecule has 27 heavy (non-hydrogen) atoms. The average Bonchev–Trinajstić information content (AvgIpc) is 2.71. The number of carbonyl (C=O) groups is 1. The second kappa shape index (κ2) is 9.31. The van der Waals surface area contributed by atoms with Gasteiger partial charge in [-0.3, -0.25) is 4.79 Å². The molecule has 0 spiro atoms. The monoisotopic (exact) mass is 368 g/mol. The van der Waals surface area contributed by atoms with Crippen LogP contribution >= 0.6 is 0 Å². The summed E-state index contributed by atoms with van der Waals surface area (Å²) < 4.78 is 10.9. The van der Waals surface area contributed by atoms with Crippen LogP contribution in [0.5, 0.6) is 11.5 Å². The number of rotatable bonds is 7. The third-order valence-corrected chi connectivity index (χ3v) is 4.86. The molecule has 1 amide bonds. The minimum atomic E-state index is 0.220. The Labute approximate surface area is 161 Å². The van der Waals surface area contributed by atoms with Gasteiger partial charge in [0.2, 0.25) is 5.91 Å². The first-order valence-electron chi connectivity index (χ1n) is 9.52. The van der Waals surface area contributed by atoms with E-state index in [1.54, 1.807) is 7.11 Å². The van der Waals surface area contributed by atoms with Crippen LogP contribution in [-0.2, 0) is 4.79 Å². The molecule has 1 saturated heterocycles. The molecule has 0 unspecified atom stereocenters. The van der Waals surface area contributed by atoms with Crippen molar-refractivity contribution in [3.63, 3.8) is 0 Å². The Hall–Kier alpha value is -2.69. The van der Waals surface area contributed by atoms with Crippen LogP contribution in [-0.4, -0.2) is 50.7 Å². The lowest BCUT2D eigenvalue weighted by molar-refractivity contribution is -0.131. The molecule has 0 aliphatic carbocycles. The van der Waals surface area contributed by atoms with Crippen molar-refractivity contribution in [2.45, 2.75) is 19.8 Å². The van der Waals surface area contributed by atoms with Gasteiger partial charge in [-0.1, -0.05) is 12.1 Å². The van der Waals surface area contributed by atoms with Crippen LogP contribution in [0.1, 0.15) is 18.4 Å². The summed E-state index contributed by atoms with van der Waals surface area (Å²) in [6.07, 6.45) is 1.28. The molecule has 1 aliphatic heterocycles. The molecule has 5 heteroatoms. The van der Waals surface area contributed by atoms with E-state index in [0.717, 1.165) is 44.1 Å². The molecular weight excluding hydrogens is 340 g/mol. The van der Waals surface area contributed by atoms with Gasteiger partial charge in [0.25, 0.3) is 0 Å². The lowest BCUT2D eigenvalue weighted by Gasteiger charge is -2.36. The normalized spacial score (nSPS) is 14.1. The molecule has 0 bridgehead atoms. The summed E-state index contributed by atoms with van der Waals surface area (Å²) in [4.78, 5) is 16.7. The smallest absolute Gasteiger partial charge is 0.222 e. The molecule has 1 aliphatic rings. The van der Waals surface area contributed by atoms with E-state index in [9.17, 15) is 4.79 Å². The summed E-state index contributed by atoms with van der Waals surface area (Å²) in [6.45, 7) is 5.87. The number of hydrogen-bond donors (Lipinski definition) is 0. The zero-order valence-corrected chi connectivity index (χ0v) is 16.2. The predicted molar refractivity (Wildman–Crippen MR) is 108 cm³/mol. The first-order chi connectivity index (χ1) is 13.2. The summed E-state index contributed by atoms with van der Waals surface area (Å²) >= 11 is 0. The molecule has 2 aromatic rings. The van der Waals surface area contributed by atoms with Gasteiger partial charge in [0.05, 0.1) is 13.7 Å². The zero-order valence-electron chi connectivity index (χ0n) is 16.2. The summed E-state index contributed by atoms with van der Waals surface area (Å²) in [5.74, 6) is 1.95. The first-order valence-corrected chi connectivity index (χ1v) is 9.52. The predicted octanol–water partition coefficient (Wildman–Crippen LogP) is 3.51. The lowest BCUT2D eigenvalue weighted by Crippen LogP contribution is -2.48. The van der Waals surface area contributed by atoms with Crippen LogP contribution in [0.4, 0.5) is 5.69 Å². The Bertz CT molecular complexity index is 737. The molecule has 0 N–H and O–H groups in total. The fourth-order valence-corrected chi connectivity index (χ4v) is 3.28. The standard InChI is InChI=1S/C22H28N2O3/c1-18-5-3-6-21(17-18)27-16-4-7-22(25)24-14-12-23(13-15-24)19-8-10-20(26-2)11-9-19/h3,5-6,8-11,17H,4,7,12-16H2,1-2H3.